The van der Waals surface area contributed by atoms with E-state index in [1.807, 2.05) is 45.9 Å². The largest absolute Gasteiger partial charge is 0.366 e. The maximum atomic E-state index is 12.2. The molecule has 0 saturated carbocycles. The maximum absolute atomic E-state index is 12.2. The van der Waals surface area contributed by atoms with E-state index in [9.17, 15) is 4.79 Å². The number of rotatable bonds is 4. The van der Waals surface area contributed by atoms with Gasteiger partial charge < -0.3 is 10.6 Å². The Kier molecular flexibility index (Phi) is 4.52. The molecule has 0 saturated heterocycles. The van der Waals surface area contributed by atoms with Gasteiger partial charge in [-0.2, -0.15) is 0 Å². The van der Waals surface area contributed by atoms with E-state index in [0.29, 0.717) is 11.5 Å². The molecule has 0 bridgehead atoms. The van der Waals surface area contributed by atoms with E-state index in [1.54, 1.807) is 12.1 Å². The second kappa shape index (κ2) is 6.35. The van der Waals surface area contributed by atoms with E-state index >= 15 is 0 Å². The van der Waals surface area contributed by atoms with E-state index in [4.69, 9.17) is 0 Å². The summed E-state index contributed by atoms with van der Waals surface area (Å²) in [6, 6.07) is 9.50. The van der Waals surface area contributed by atoms with Gasteiger partial charge in [-0.1, -0.05) is 12.1 Å². The molecule has 110 valence electrons. The van der Waals surface area contributed by atoms with Crippen LogP contribution in [0.5, 0.6) is 0 Å². The van der Waals surface area contributed by atoms with E-state index in [2.05, 4.69) is 20.8 Å². The van der Waals surface area contributed by atoms with Gasteiger partial charge in [-0.05, 0) is 57.0 Å². The number of nitrogens with zero attached hydrogens (tertiary/aromatic N) is 2. The number of benzene rings is 1. The molecule has 0 aliphatic heterocycles. The van der Waals surface area contributed by atoms with Gasteiger partial charge in [-0.15, -0.1) is 10.2 Å². The van der Waals surface area contributed by atoms with Crippen molar-refractivity contribution in [2.75, 3.05) is 10.6 Å². The number of carbonyl (C=O) groups excluding carboxylic acids is 1. The van der Waals surface area contributed by atoms with Crippen LogP contribution in [0.2, 0.25) is 0 Å². The summed E-state index contributed by atoms with van der Waals surface area (Å²) < 4.78 is 0. The Labute approximate surface area is 124 Å². The highest BCUT2D eigenvalue weighted by Gasteiger charge is 2.10. The van der Waals surface area contributed by atoms with Crippen LogP contribution in [0.1, 0.15) is 35.5 Å². The lowest BCUT2D eigenvalue weighted by molar-refractivity contribution is 0.102. The maximum Gasteiger partial charge on any atom is 0.276 e. The molecule has 0 aliphatic rings. The second-order valence-corrected chi connectivity index (χ2v) is 5.30. The molecule has 2 N–H and O–H groups in total. The fourth-order valence-corrected chi connectivity index (χ4v) is 1.90. The number of aryl methyl sites for hydroxylation is 1. The van der Waals surface area contributed by atoms with E-state index in [-0.39, 0.29) is 11.9 Å². The third kappa shape index (κ3) is 3.78. The summed E-state index contributed by atoms with van der Waals surface area (Å²) >= 11 is 0. The molecule has 1 aromatic carbocycles. The number of amides is 1. The van der Waals surface area contributed by atoms with Gasteiger partial charge in [-0.3, -0.25) is 4.79 Å². The van der Waals surface area contributed by atoms with Gasteiger partial charge in [0.2, 0.25) is 0 Å². The molecule has 0 spiro atoms. The van der Waals surface area contributed by atoms with Crippen molar-refractivity contribution in [1.82, 2.24) is 10.2 Å². The topological polar surface area (TPSA) is 66.9 Å². The number of anilines is 2. The first kappa shape index (κ1) is 15.0. The summed E-state index contributed by atoms with van der Waals surface area (Å²) in [5.74, 6) is 0.403. The van der Waals surface area contributed by atoms with Crippen LogP contribution in [0.25, 0.3) is 0 Å². The Hall–Kier alpha value is -2.43. The molecule has 5 heteroatoms. The van der Waals surface area contributed by atoms with Gasteiger partial charge in [0.15, 0.2) is 5.69 Å². The molecule has 0 fully saturated rings. The van der Waals surface area contributed by atoms with Crippen LogP contribution in [-0.2, 0) is 0 Å². The highest BCUT2D eigenvalue weighted by atomic mass is 16.1. The summed E-state index contributed by atoms with van der Waals surface area (Å²) in [4.78, 5) is 12.2. The minimum absolute atomic E-state index is 0.257. The van der Waals surface area contributed by atoms with Crippen LogP contribution in [0.4, 0.5) is 11.5 Å². The molecule has 1 aromatic heterocycles. The van der Waals surface area contributed by atoms with Crippen molar-refractivity contribution < 1.29 is 4.79 Å². The standard InChI is InChI=1S/C16H20N4O/c1-10(2)17-15-9-8-14(19-20-15)16(21)18-13-7-5-6-11(3)12(13)4/h5-10H,1-4H3,(H,17,20)(H,18,21). The van der Waals surface area contributed by atoms with Crippen molar-refractivity contribution in [3.05, 3.63) is 47.2 Å². The number of nitrogens with one attached hydrogen (secondary N) is 2. The Morgan fingerprint density at radius 2 is 1.86 bits per heavy atom. The molecule has 0 atom stereocenters. The zero-order valence-electron chi connectivity index (χ0n) is 12.8. The quantitative estimate of drug-likeness (QED) is 0.905. The first-order chi connectivity index (χ1) is 9.97. The van der Waals surface area contributed by atoms with Crippen molar-refractivity contribution in [2.45, 2.75) is 33.7 Å². The number of hydrogen-bond donors (Lipinski definition) is 2. The SMILES string of the molecule is Cc1cccc(NC(=O)c2ccc(NC(C)C)nn2)c1C. The van der Waals surface area contributed by atoms with Crippen LogP contribution >= 0.6 is 0 Å². The lowest BCUT2D eigenvalue weighted by Gasteiger charge is -2.10. The van der Waals surface area contributed by atoms with Crippen molar-refractivity contribution in [1.29, 1.82) is 0 Å². The predicted molar refractivity (Wildman–Crippen MR) is 84.7 cm³/mol. The average molecular weight is 284 g/mol. The van der Waals surface area contributed by atoms with E-state index in [0.717, 1.165) is 16.8 Å². The molecule has 21 heavy (non-hydrogen) atoms. The van der Waals surface area contributed by atoms with Gasteiger partial charge in [0.1, 0.15) is 5.82 Å². The molecule has 0 radical (unpaired) electrons. The smallest absolute Gasteiger partial charge is 0.276 e. The number of carbonyl (C=O) groups is 1. The number of aromatic nitrogens is 2. The lowest BCUT2D eigenvalue weighted by atomic mass is 10.1. The Bertz CT molecular complexity index is 635. The molecule has 0 aliphatic carbocycles. The molecule has 2 aromatic rings. The van der Waals surface area contributed by atoms with Crippen molar-refractivity contribution in [3.63, 3.8) is 0 Å². The van der Waals surface area contributed by atoms with Gasteiger partial charge in [0, 0.05) is 11.7 Å². The van der Waals surface area contributed by atoms with Crippen LogP contribution in [0.15, 0.2) is 30.3 Å². The number of hydrogen-bond acceptors (Lipinski definition) is 4. The molecule has 1 heterocycles. The summed E-state index contributed by atoms with van der Waals surface area (Å²) in [6.07, 6.45) is 0. The highest BCUT2D eigenvalue weighted by Crippen LogP contribution is 2.18. The van der Waals surface area contributed by atoms with E-state index in [1.165, 1.54) is 0 Å². The minimum atomic E-state index is -0.257. The minimum Gasteiger partial charge on any atom is -0.366 e. The lowest BCUT2D eigenvalue weighted by Crippen LogP contribution is -2.17. The van der Waals surface area contributed by atoms with Gasteiger partial charge in [0.05, 0.1) is 0 Å². The third-order valence-corrected chi connectivity index (χ3v) is 3.19. The zero-order chi connectivity index (χ0) is 15.4. The first-order valence-electron chi connectivity index (χ1n) is 6.95. The Morgan fingerprint density at radius 1 is 1.10 bits per heavy atom. The summed E-state index contributed by atoms with van der Waals surface area (Å²) in [5, 5.41) is 14.0. The summed E-state index contributed by atoms with van der Waals surface area (Å²) in [5.41, 5.74) is 3.28. The van der Waals surface area contributed by atoms with Crippen molar-refractivity contribution in [2.24, 2.45) is 0 Å². The van der Waals surface area contributed by atoms with Gasteiger partial charge >= 0.3 is 0 Å². The normalized spacial score (nSPS) is 10.5. The molecule has 5 nitrogen and oxygen atoms in total. The molecule has 1 amide bonds. The van der Waals surface area contributed by atoms with E-state index < -0.39 is 0 Å². The monoisotopic (exact) mass is 284 g/mol. The fraction of sp³-hybridized carbons (Fsp3) is 0.312. The van der Waals surface area contributed by atoms with Crippen LogP contribution < -0.4 is 10.6 Å². The highest BCUT2D eigenvalue weighted by molar-refractivity contribution is 6.03. The second-order valence-electron chi connectivity index (χ2n) is 5.30. The molecular formula is C16H20N4O. The van der Waals surface area contributed by atoms with Gasteiger partial charge in [-0.25, -0.2) is 0 Å². The molecule has 0 unspecified atom stereocenters. The van der Waals surface area contributed by atoms with Crippen molar-refractivity contribution >= 4 is 17.4 Å². The van der Waals surface area contributed by atoms with Crippen LogP contribution in [-0.4, -0.2) is 22.1 Å². The fourth-order valence-electron chi connectivity index (χ4n) is 1.90. The predicted octanol–water partition coefficient (Wildman–Crippen LogP) is 3.17. The first-order valence-corrected chi connectivity index (χ1v) is 6.95. The Morgan fingerprint density at radius 3 is 2.48 bits per heavy atom. The van der Waals surface area contributed by atoms with Crippen LogP contribution in [0, 0.1) is 13.8 Å². The summed E-state index contributed by atoms with van der Waals surface area (Å²) in [7, 11) is 0. The molecular weight excluding hydrogens is 264 g/mol. The van der Waals surface area contributed by atoms with Crippen LogP contribution in [0.3, 0.4) is 0 Å². The van der Waals surface area contributed by atoms with Crippen molar-refractivity contribution in [3.8, 4) is 0 Å². The Balaban J connectivity index is 2.11. The van der Waals surface area contributed by atoms with Gasteiger partial charge in [0.25, 0.3) is 5.91 Å². The molecule has 2 rings (SSSR count). The zero-order valence-corrected chi connectivity index (χ0v) is 12.8. The average Bonchev–Trinajstić information content (AvgIpc) is 2.44. The third-order valence-electron chi connectivity index (χ3n) is 3.19. The summed E-state index contributed by atoms with van der Waals surface area (Å²) in [6.45, 7) is 8.02.